The Balaban J connectivity index is 1.71. The normalized spacial score (nSPS) is 14.7. The minimum Gasteiger partial charge on any atom is -0.462 e. The zero-order valence-electron chi connectivity index (χ0n) is 17.3. The second-order valence-corrected chi connectivity index (χ2v) is 7.56. The lowest BCUT2D eigenvalue weighted by Crippen LogP contribution is -2.49. The summed E-state index contributed by atoms with van der Waals surface area (Å²) >= 11 is 6.03. The van der Waals surface area contributed by atoms with Crippen LogP contribution in [-0.4, -0.2) is 59.5 Å². The number of rotatable bonds is 4. The standard InChI is InChI=1S/C20H22ClF3N4O3/c1-4-31-19(30)15-11(2)16(26-12(15)3)18(29)28-7-5-27(6-8-28)17-14(21)9-13(10-25-17)20(22,23)24/h9-10,26H,4-8H2,1-3H3. The number of halogens is 4. The molecule has 31 heavy (non-hydrogen) atoms. The van der Waals surface area contributed by atoms with Gasteiger partial charge in [-0.1, -0.05) is 11.6 Å². The van der Waals surface area contributed by atoms with E-state index in [0.717, 1.165) is 12.3 Å². The Morgan fingerprint density at radius 2 is 1.87 bits per heavy atom. The van der Waals surface area contributed by atoms with E-state index in [-0.39, 0.29) is 23.4 Å². The number of alkyl halides is 3. The lowest BCUT2D eigenvalue weighted by Gasteiger charge is -2.35. The van der Waals surface area contributed by atoms with Crippen LogP contribution in [0.2, 0.25) is 5.02 Å². The number of carbonyl (C=O) groups is 2. The zero-order chi connectivity index (χ0) is 22.9. The summed E-state index contributed by atoms with van der Waals surface area (Å²) in [7, 11) is 0. The van der Waals surface area contributed by atoms with Crippen molar-refractivity contribution in [2.75, 3.05) is 37.7 Å². The van der Waals surface area contributed by atoms with Gasteiger partial charge in [0.05, 0.1) is 22.8 Å². The first-order chi connectivity index (χ1) is 14.5. The van der Waals surface area contributed by atoms with E-state index in [1.807, 2.05) is 0 Å². The molecule has 3 rings (SSSR count). The molecule has 0 bridgehead atoms. The summed E-state index contributed by atoms with van der Waals surface area (Å²) in [6.07, 6.45) is -3.77. The van der Waals surface area contributed by atoms with Crippen LogP contribution in [-0.2, 0) is 10.9 Å². The van der Waals surface area contributed by atoms with Gasteiger partial charge < -0.3 is 19.5 Å². The van der Waals surface area contributed by atoms with Gasteiger partial charge in [-0.25, -0.2) is 9.78 Å². The van der Waals surface area contributed by atoms with E-state index in [4.69, 9.17) is 16.3 Å². The van der Waals surface area contributed by atoms with Gasteiger partial charge in [0.1, 0.15) is 11.5 Å². The average Bonchev–Trinajstić information content (AvgIpc) is 3.01. The Labute approximate surface area is 182 Å². The van der Waals surface area contributed by atoms with Gasteiger partial charge in [0.2, 0.25) is 0 Å². The first kappa shape index (κ1) is 22.9. The predicted molar refractivity (Wildman–Crippen MR) is 109 cm³/mol. The van der Waals surface area contributed by atoms with Gasteiger partial charge in [0.25, 0.3) is 5.91 Å². The Morgan fingerprint density at radius 3 is 2.42 bits per heavy atom. The molecule has 0 aromatic carbocycles. The lowest BCUT2D eigenvalue weighted by atomic mass is 10.1. The number of hydrogen-bond acceptors (Lipinski definition) is 5. The zero-order valence-corrected chi connectivity index (χ0v) is 18.0. The van der Waals surface area contributed by atoms with Crippen molar-refractivity contribution in [1.29, 1.82) is 0 Å². The molecular formula is C20H22ClF3N4O3. The topological polar surface area (TPSA) is 78.5 Å². The molecule has 0 spiro atoms. The van der Waals surface area contributed by atoms with E-state index in [0.29, 0.717) is 48.7 Å². The molecule has 2 aromatic heterocycles. The molecule has 0 aliphatic carbocycles. The van der Waals surface area contributed by atoms with E-state index in [1.54, 1.807) is 30.6 Å². The van der Waals surface area contributed by atoms with Crippen LogP contribution in [0.15, 0.2) is 12.3 Å². The molecule has 0 atom stereocenters. The molecule has 7 nitrogen and oxygen atoms in total. The summed E-state index contributed by atoms with van der Waals surface area (Å²) in [5.74, 6) is -0.499. The third kappa shape index (κ3) is 4.63. The number of esters is 1. The molecule has 11 heteroatoms. The van der Waals surface area contributed by atoms with Gasteiger partial charge in [0.15, 0.2) is 0 Å². The van der Waals surface area contributed by atoms with Crippen molar-refractivity contribution in [3.8, 4) is 0 Å². The van der Waals surface area contributed by atoms with Crippen LogP contribution in [0.25, 0.3) is 0 Å². The highest BCUT2D eigenvalue weighted by atomic mass is 35.5. The fourth-order valence-electron chi connectivity index (χ4n) is 3.57. The Bertz CT molecular complexity index is 998. The van der Waals surface area contributed by atoms with Gasteiger partial charge in [-0.2, -0.15) is 13.2 Å². The predicted octanol–water partition coefficient (Wildman–Crippen LogP) is 3.84. The molecule has 0 unspecified atom stereocenters. The first-order valence-corrected chi connectivity index (χ1v) is 10.1. The molecule has 0 saturated carbocycles. The molecule has 1 fully saturated rings. The number of anilines is 1. The Hall–Kier alpha value is -2.75. The van der Waals surface area contributed by atoms with Gasteiger partial charge >= 0.3 is 12.1 Å². The largest absolute Gasteiger partial charge is 0.462 e. The minimum absolute atomic E-state index is 0.0930. The van der Waals surface area contributed by atoms with E-state index in [2.05, 4.69) is 9.97 Å². The number of H-pyrrole nitrogens is 1. The van der Waals surface area contributed by atoms with Crippen LogP contribution in [0.5, 0.6) is 0 Å². The number of nitrogens with zero attached hydrogens (tertiary/aromatic N) is 3. The number of ether oxygens (including phenoxy) is 1. The number of carbonyl (C=O) groups excluding carboxylic acids is 2. The molecule has 1 N–H and O–H groups in total. The summed E-state index contributed by atoms with van der Waals surface area (Å²) in [4.78, 5) is 35.3. The van der Waals surface area contributed by atoms with Crippen molar-refractivity contribution in [2.45, 2.75) is 26.9 Å². The maximum Gasteiger partial charge on any atom is 0.417 e. The Morgan fingerprint density at radius 1 is 1.23 bits per heavy atom. The molecule has 1 aliphatic rings. The minimum atomic E-state index is -4.52. The number of aromatic amines is 1. The van der Waals surface area contributed by atoms with E-state index < -0.39 is 17.7 Å². The van der Waals surface area contributed by atoms with E-state index >= 15 is 0 Å². The molecule has 1 aliphatic heterocycles. The highest BCUT2D eigenvalue weighted by Gasteiger charge is 2.33. The third-order valence-corrected chi connectivity index (χ3v) is 5.42. The van der Waals surface area contributed by atoms with Crippen molar-refractivity contribution in [1.82, 2.24) is 14.9 Å². The second kappa shape index (κ2) is 8.78. The van der Waals surface area contributed by atoms with Crippen LogP contribution in [0.4, 0.5) is 19.0 Å². The van der Waals surface area contributed by atoms with Crippen molar-refractivity contribution in [3.63, 3.8) is 0 Å². The van der Waals surface area contributed by atoms with Gasteiger partial charge in [-0.05, 0) is 32.4 Å². The summed E-state index contributed by atoms with van der Waals surface area (Å²) in [5, 5.41) is -0.0930. The quantitative estimate of drug-likeness (QED) is 0.704. The number of nitrogens with one attached hydrogen (secondary N) is 1. The highest BCUT2D eigenvalue weighted by molar-refractivity contribution is 6.33. The maximum absolute atomic E-state index is 13.0. The number of piperazine rings is 1. The number of amides is 1. The van der Waals surface area contributed by atoms with Gasteiger partial charge in [-0.15, -0.1) is 0 Å². The smallest absolute Gasteiger partial charge is 0.417 e. The van der Waals surface area contributed by atoms with Gasteiger partial charge in [-0.3, -0.25) is 4.79 Å². The summed E-state index contributed by atoms with van der Waals surface area (Å²) < 4.78 is 43.5. The van der Waals surface area contributed by atoms with E-state index in [9.17, 15) is 22.8 Å². The number of pyridine rings is 1. The molecule has 1 saturated heterocycles. The van der Waals surface area contributed by atoms with Crippen LogP contribution in [0.3, 0.4) is 0 Å². The molecule has 2 aromatic rings. The van der Waals surface area contributed by atoms with Crippen molar-refractivity contribution < 1.29 is 27.5 Å². The van der Waals surface area contributed by atoms with Crippen molar-refractivity contribution in [3.05, 3.63) is 45.4 Å². The maximum atomic E-state index is 13.0. The van der Waals surface area contributed by atoms with Crippen LogP contribution < -0.4 is 4.90 Å². The summed E-state index contributed by atoms with van der Waals surface area (Å²) in [6.45, 7) is 6.68. The third-order valence-electron chi connectivity index (χ3n) is 5.15. The molecule has 0 radical (unpaired) electrons. The number of aromatic nitrogens is 2. The summed E-state index contributed by atoms with van der Waals surface area (Å²) in [6, 6.07) is 0.851. The fourth-order valence-corrected chi connectivity index (χ4v) is 3.86. The lowest BCUT2D eigenvalue weighted by molar-refractivity contribution is -0.137. The highest BCUT2D eigenvalue weighted by Crippen LogP contribution is 2.33. The first-order valence-electron chi connectivity index (χ1n) is 9.67. The van der Waals surface area contributed by atoms with Crippen LogP contribution in [0.1, 0.15) is 44.6 Å². The summed E-state index contributed by atoms with van der Waals surface area (Å²) in [5.41, 5.74) is 0.837. The van der Waals surface area contributed by atoms with Crippen molar-refractivity contribution in [2.24, 2.45) is 0 Å². The second-order valence-electron chi connectivity index (χ2n) is 7.15. The molecule has 1 amide bonds. The van der Waals surface area contributed by atoms with Crippen LogP contribution >= 0.6 is 11.6 Å². The monoisotopic (exact) mass is 458 g/mol. The Kier molecular flexibility index (Phi) is 6.49. The van der Waals surface area contributed by atoms with Gasteiger partial charge in [0, 0.05) is 38.1 Å². The number of hydrogen-bond donors (Lipinski definition) is 1. The van der Waals surface area contributed by atoms with E-state index in [1.165, 1.54) is 0 Å². The number of aryl methyl sites for hydroxylation is 1. The molecule has 3 heterocycles. The molecule has 168 valence electrons. The van der Waals surface area contributed by atoms with Crippen molar-refractivity contribution >= 4 is 29.3 Å². The molecular weight excluding hydrogens is 437 g/mol. The fraction of sp³-hybridized carbons (Fsp3) is 0.450. The SMILES string of the molecule is CCOC(=O)c1c(C)[nH]c(C(=O)N2CCN(c3ncc(C(F)(F)F)cc3Cl)CC2)c1C. The van der Waals surface area contributed by atoms with Crippen LogP contribution in [0, 0.1) is 13.8 Å². The average molecular weight is 459 g/mol.